The van der Waals surface area contributed by atoms with E-state index in [1.165, 1.54) is 113 Å². The van der Waals surface area contributed by atoms with Gasteiger partial charge in [0.1, 0.15) is 0 Å². The van der Waals surface area contributed by atoms with Gasteiger partial charge in [0.25, 0.3) is 0 Å². The third kappa shape index (κ3) is 6.53. The molecular weight excluding hydrogens is 815 g/mol. The second-order valence-corrected chi connectivity index (χ2v) is 18.3. The van der Waals surface area contributed by atoms with Crippen LogP contribution in [-0.4, -0.2) is 0 Å². The van der Waals surface area contributed by atoms with Gasteiger partial charge >= 0.3 is 0 Å². The maximum absolute atomic E-state index is 2.47. The lowest BCUT2D eigenvalue weighted by Crippen LogP contribution is -2.10. The van der Waals surface area contributed by atoms with E-state index < -0.39 is 0 Å². The number of anilines is 3. The van der Waals surface area contributed by atoms with Gasteiger partial charge in [-0.2, -0.15) is 0 Å². The van der Waals surface area contributed by atoms with Gasteiger partial charge in [-0.05, 0) is 136 Å². The lowest BCUT2D eigenvalue weighted by Gasteiger charge is -2.27. The smallest absolute Gasteiger partial charge is 0.0646 e. The largest absolute Gasteiger partial charge is 0.309 e. The zero-order valence-corrected chi connectivity index (χ0v) is 36.8. The van der Waals surface area contributed by atoms with Crippen LogP contribution in [0.5, 0.6) is 0 Å². The van der Waals surface area contributed by atoms with Crippen molar-refractivity contribution < 1.29 is 0 Å². The molecule has 0 unspecified atom stereocenters. The van der Waals surface area contributed by atoms with Gasteiger partial charge in [0, 0.05) is 26.8 Å². The Bertz CT molecular complexity index is 3970. The molecule has 0 aliphatic heterocycles. The molecule has 308 valence electrons. The van der Waals surface area contributed by atoms with E-state index in [-0.39, 0.29) is 0 Å². The summed E-state index contributed by atoms with van der Waals surface area (Å²) in [6.45, 7) is 0. The van der Waals surface area contributed by atoms with Crippen molar-refractivity contribution in [1.82, 2.24) is 0 Å². The van der Waals surface area contributed by atoms with E-state index in [2.05, 4.69) is 254 Å². The summed E-state index contributed by atoms with van der Waals surface area (Å²) in [5.41, 5.74) is 13.2. The van der Waals surface area contributed by atoms with Gasteiger partial charge in [0.2, 0.25) is 0 Å². The van der Waals surface area contributed by atoms with Crippen LogP contribution in [-0.2, 0) is 0 Å². The van der Waals surface area contributed by atoms with E-state index in [4.69, 9.17) is 0 Å². The zero-order chi connectivity index (χ0) is 43.6. The third-order valence-corrected chi connectivity index (χ3v) is 14.7. The maximum atomic E-state index is 2.47. The highest BCUT2D eigenvalue weighted by atomic mass is 32.1. The lowest BCUT2D eigenvalue weighted by molar-refractivity contribution is 1.30. The molecule has 0 fully saturated rings. The molecule has 1 aromatic heterocycles. The van der Waals surface area contributed by atoms with Crippen LogP contribution < -0.4 is 4.90 Å². The Morgan fingerprint density at radius 3 is 1.44 bits per heavy atom. The van der Waals surface area contributed by atoms with Crippen molar-refractivity contribution in [3.8, 4) is 44.5 Å². The predicted octanol–water partition coefficient (Wildman–Crippen LogP) is 18.8. The summed E-state index contributed by atoms with van der Waals surface area (Å²) in [5.74, 6) is 0. The fourth-order valence-electron chi connectivity index (χ4n) is 10.1. The molecule has 1 nitrogen and oxygen atoms in total. The molecule has 13 rings (SSSR count). The van der Waals surface area contributed by atoms with Crippen molar-refractivity contribution in [3.05, 3.63) is 249 Å². The first-order valence-corrected chi connectivity index (χ1v) is 23.5. The minimum absolute atomic E-state index is 1.11. The number of fused-ring (bicyclic) bond motifs is 8. The molecule has 0 saturated heterocycles. The van der Waals surface area contributed by atoms with Crippen molar-refractivity contribution in [3.63, 3.8) is 0 Å². The summed E-state index contributed by atoms with van der Waals surface area (Å²) in [6.07, 6.45) is 0. The second kappa shape index (κ2) is 15.7. The Balaban J connectivity index is 0.946. The fraction of sp³-hybridized carbons (Fsp3) is 0. The first-order chi connectivity index (χ1) is 32.7. The van der Waals surface area contributed by atoms with Crippen molar-refractivity contribution in [2.75, 3.05) is 4.90 Å². The summed E-state index contributed by atoms with van der Waals surface area (Å²) >= 11 is 1.90. The molecule has 1 heterocycles. The standard InChI is InChI=1S/C64H41NS/c1-2-13-45(14-3-1)59-22-11-23-60-62-58-20-9-7-17-53(58)41-61(64(62)66-63(59)60)65(55-36-32-46(33-37-55)57-21-10-18-44-15-6-8-19-56(44)57)54-34-30-43(31-35-54)48-26-27-51-40-52(29-28-50(51)39-48)49-25-24-42-12-4-5-16-47(42)38-49/h1-41H. The van der Waals surface area contributed by atoms with Crippen molar-refractivity contribution in [2.45, 2.75) is 0 Å². The quantitative estimate of drug-likeness (QED) is 0.154. The van der Waals surface area contributed by atoms with E-state index in [9.17, 15) is 0 Å². The maximum Gasteiger partial charge on any atom is 0.0646 e. The highest BCUT2D eigenvalue weighted by molar-refractivity contribution is 7.27. The molecule has 0 N–H and O–H groups in total. The van der Waals surface area contributed by atoms with Gasteiger partial charge < -0.3 is 4.90 Å². The summed E-state index contributed by atoms with van der Waals surface area (Å²) in [4.78, 5) is 2.47. The number of rotatable bonds is 7. The minimum atomic E-state index is 1.11. The normalized spacial score (nSPS) is 11.6. The van der Waals surface area contributed by atoms with E-state index >= 15 is 0 Å². The molecular formula is C64H41NS. The van der Waals surface area contributed by atoms with Crippen LogP contribution >= 0.6 is 11.3 Å². The van der Waals surface area contributed by atoms with Crippen LogP contribution in [0.2, 0.25) is 0 Å². The van der Waals surface area contributed by atoms with E-state index in [1.807, 2.05) is 11.3 Å². The summed E-state index contributed by atoms with van der Waals surface area (Å²) in [5, 5.41) is 12.6. The molecule has 0 atom stereocenters. The molecule has 0 aliphatic rings. The highest BCUT2D eigenvalue weighted by Crippen LogP contribution is 2.50. The van der Waals surface area contributed by atoms with Crippen LogP contribution in [0.3, 0.4) is 0 Å². The van der Waals surface area contributed by atoms with E-state index in [0.29, 0.717) is 0 Å². The number of thiophene rings is 1. The fourth-order valence-corrected chi connectivity index (χ4v) is 11.5. The van der Waals surface area contributed by atoms with Crippen LogP contribution in [0.15, 0.2) is 249 Å². The average molecular weight is 856 g/mol. The number of hydrogen-bond donors (Lipinski definition) is 0. The van der Waals surface area contributed by atoms with Gasteiger partial charge in [0.05, 0.1) is 10.4 Å². The molecule has 0 spiro atoms. The number of benzene rings is 12. The summed E-state index contributed by atoms with van der Waals surface area (Å²) in [7, 11) is 0. The van der Waals surface area contributed by atoms with Crippen molar-refractivity contribution in [1.29, 1.82) is 0 Å². The number of hydrogen-bond acceptors (Lipinski definition) is 2. The average Bonchev–Trinajstić information content (AvgIpc) is 3.79. The molecule has 12 aromatic carbocycles. The molecule has 0 bridgehead atoms. The van der Waals surface area contributed by atoms with Gasteiger partial charge in [-0.1, -0.05) is 200 Å². The molecule has 13 aromatic rings. The molecule has 0 saturated carbocycles. The topological polar surface area (TPSA) is 3.24 Å². The third-order valence-electron chi connectivity index (χ3n) is 13.4. The Labute approximate surface area is 387 Å². The van der Waals surface area contributed by atoms with Crippen LogP contribution in [0, 0.1) is 0 Å². The Kier molecular flexibility index (Phi) is 9.11. The monoisotopic (exact) mass is 855 g/mol. The first kappa shape index (κ1) is 38.2. The lowest BCUT2D eigenvalue weighted by atomic mass is 9.96. The Morgan fingerprint density at radius 2 is 0.727 bits per heavy atom. The molecule has 0 radical (unpaired) electrons. The predicted molar refractivity (Wildman–Crippen MR) is 286 cm³/mol. The van der Waals surface area contributed by atoms with Gasteiger partial charge in [-0.3, -0.25) is 0 Å². The molecule has 2 heteroatoms. The number of nitrogens with zero attached hydrogens (tertiary/aromatic N) is 1. The second-order valence-electron chi connectivity index (χ2n) is 17.3. The van der Waals surface area contributed by atoms with Crippen molar-refractivity contribution in [2.24, 2.45) is 0 Å². The van der Waals surface area contributed by atoms with Gasteiger partial charge in [0.15, 0.2) is 0 Å². The van der Waals surface area contributed by atoms with Gasteiger partial charge in [-0.15, -0.1) is 11.3 Å². The van der Waals surface area contributed by atoms with E-state index in [0.717, 1.165) is 11.4 Å². The molecule has 0 aliphatic carbocycles. The molecule has 66 heavy (non-hydrogen) atoms. The first-order valence-electron chi connectivity index (χ1n) is 22.6. The van der Waals surface area contributed by atoms with Crippen molar-refractivity contribution >= 4 is 91.7 Å². The Morgan fingerprint density at radius 1 is 0.258 bits per heavy atom. The molecule has 0 amide bonds. The zero-order valence-electron chi connectivity index (χ0n) is 36.0. The van der Waals surface area contributed by atoms with Crippen LogP contribution in [0.1, 0.15) is 0 Å². The highest BCUT2D eigenvalue weighted by Gasteiger charge is 2.22. The SMILES string of the molecule is c1ccc(-c2cccc3c2sc2c(N(c4ccc(-c5ccc6cc(-c7ccc8ccccc8c7)ccc6c5)cc4)c4ccc(-c5cccc6ccccc56)cc4)cc4ccccc4c23)cc1. The Hall–Kier alpha value is -8.30. The van der Waals surface area contributed by atoms with Crippen LogP contribution in [0.4, 0.5) is 17.1 Å². The minimum Gasteiger partial charge on any atom is -0.309 e. The summed E-state index contributed by atoms with van der Waals surface area (Å²) in [6, 6.07) is 91.5. The van der Waals surface area contributed by atoms with Gasteiger partial charge in [-0.25, -0.2) is 0 Å². The van der Waals surface area contributed by atoms with Crippen LogP contribution in [0.25, 0.3) is 108 Å². The van der Waals surface area contributed by atoms with E-state index in [1.54, 1.807) is 0 Å². The summed E-state index contributed by atoms with van der Waals surface area (Å²) < 4.78 is 2.57.